The van der Waals surface area contributed by atoms with Crippen molar-refractivity contribution in [3.05, 3.63) is 38.3 Å². The van der Waals surface area contributed by atoms with Gasteiger partial charge in [0.25, 0.3) is 11.6 Å². The van der Waals surface area contributed by atoms with Crippen LogP contribution in [0.3, 0.4) is 0 Å². The van der Waals surface area contributed by atoms with Crippen LogP contribution < -0.4 is 15.1 Å². The fourth-order valence-electron chi connectivity index (χ4n) is 2.31. The maximum absolute atomic E-state index is 11.0. The Hall–Kier alpha value is -2.86. The molecule has 0 aliphatic carbocycles. The van der Waals surface area contributed by atoms with Gasteiger partial charge < -0.3 is 14.4 Å². The van der Waals surface area contributed by atoms with Crippen LogP contribution in [0.15, 0.2) is 27.8 Å². The first-order chi connectivity index (χ1) is 13.1. The van der Waals surface area contributed by atoms with Crippen molar-refractivity contribution in [1.29, 1.82) is 0 Å². The third-order valence-electron chi connectivity index (χ3n) is 3.62. The summed E-state index contributed by atoms with van der Waals surface area (Å²) in [5, 5.41) is 15.0. The van der Waals surface area contributed by atoms with E-state index in [2.05, 4.69) is 41.4 Å². The molecule has 1 fully saturated rings. The van der Waals surface area contributed by atoms with Crippen LogP contribution in [0.25, 0.3) is 0 Å². The summed E-state index contributed by atoms with van der Waals surface area (Å²) in [4.78, 5) is 25.1. The minimum atomic E-state index is -0.472. The highest BCUT2D eigenvalue weighted by molar-refractivity contribution is 9.10. The molecule has 27 heavy (non-hydrogen) atoms. The molecule has 1 saturated heterocycles. The van der Waals surface area contributed by atoms with Gasteiger partial charge in [-0.25, -0.2) is 5.43 Å². The minimum Gasteiger partial charge on any atom is -0.467 e. The van der Waals surface area contributed by atoms with Crippen LogP contribution in [0, 0.1) is 10.1 Å². The highest BCUT2D eigenvalue weighted by Crippen LogP contribution is 2.25. The number of rotatable bonds is 6. The summed E-state index contributed by atoms with van der Waals surface area (Å²) in [6.07, 6.45) is 1.43. The monoisotopic (exact) mass is 437 g/mol. The van der Waals surface area contributed by atoms with Gasteiger partial charge in [0, 0.05) is 24.7 Å². The fraction of sp³-hybridized carbons (Fsp3) is 0.333. The molecule has 12 heteroatoms. The quantitative estimate of drug-likeness (QED) is 0.408. The molecule has 142 valence electrons. The number of halogens is 1. The predicted molar refractivity (Wildman–Crippen MR) is 101 cm³/mol. The summed E-state index contributed by atoms with van der Waals surface area (Å²) in [5.74, 6) is 0.660. The van der Waals surface area contributed by atoms with E-state index in [4.69, 9.17) is 9.47 Å². The van der Waals surface area contributed by atoms with Gasteiger partial charge in [-0.15, -0.1) is 0 Å². The molecule has 0 bridgehead atoms. The molecule has 0 amide bonds. The van der Waals surface area contributed by atoms with Crippen LogP contribution in [0.5, 0.6) is 6.01 Å². The summed E-state index contributed by atoms with van der Waals surface area (Å²) in [7, 11) is 1.46. The SMILES string of the molecule is COc1nc(N/N=C/c2ccc(Br)c([N+](=O)[O-])c2)nc(N2CCOCC2)n1. The molecule has 0 unspecified atom stereocenters. The van der Waals surface area contributed by atoms with Gasteiger partial charge >= 0.3 is 6.01 Å². The van der Waals surface area contributed by atoms with Crippen LogP contribution in [-0.4, -0.2) is 59.5 Å². The van der Waals surface area contributed by atoms with E-state index in [1.807, 2.05) is 4.90 Å². The number of nitro benzene ring substituents is 1. The Bertz CT molecular complexity index is 858. The molecule has 0 spiro atoms. The Morgan fingerprint density at radius 3 is 2.85 bits per heavy atom. The van der Waals surface area contributed by atoms with Gasteiger partial charge in [-0.2, -0.15) is 20.1 Å². The fourth-order valence-corrected chi connectivity index (χ4v) is 2.70. The molecule has 1 aliphatic rings. The molecule has 3 rings (SSSR count). The smallest absolute Gasteiger partial charge is 0.322 e. The number of anilines is 2. The van der Waals surface area contributed by atoms with Crippen molar-refractivity contribution >= 4 is 39.7 Å². The second kappa shape index (κ2) is 8.68. The van der Waals surface area contributed by atoms with E-state index in [0.717, 1.165) is 0 Å². The summed E-state index contributed by atoms with van der Waals surface area (Å²) in [5.41, 5.74) is 3.20. The van der Waals surface area contributed by atoms with Crippen molar-refractivity contribution in [1.82, 2.24) is 15.0 Å². The Labute approximate surface area is 162 Å². The Morgan fingerprint density at radius 1 is 1.37 bits per heavy atom. The lowest BCUT2D eigenvalue weighted by Crippen LogP contribution is -2.37. The molecular formula is C15H16BrN7O4. The molecule has 0 atom stereocenters. The summed E-state index contributed by atoms with van der Waals surface area (Å²) >= 11 is 3.14. The number of ether oxygens (including phenoxy) is 2. The molecule has 2 aromatic rings. The summed E-state index contributed by atoms with van der Waals surface area (Å²) in [6.45, 7) is 2.52. The lowest BCUT2D eigenvalue weighted by Gasteiger charge is -2.26. The number of nitrogens with one attached hydrogen (secondary N) is 1. The van der Waals surface area contributed by atoms with Crippen molar-refractivity contribution in [2.45, 2.75) is 0 Å². The number of hydrogen-bond acceptors (Lipinski definition) is 10. The van der Waals surface area contributed by atoms with Crippen molar-refractivity contribution in [2.75, 3.05) is 43.7 Å². The number of methoxy groups -OCH3 is 1. The van der Waals surface area contributed by atoms with Crippen LogP contribution in [-0.2, 0) is 4.74 Å². The molecule has 0 saturated carbocycles. The van der Waals surface area contributed by atoms with E-state index < -0.39 is 4.92 Å². The number of aromatic nitrogens is 3. The van der Waals surface area contributed by atoms with Gasteiger partial charge in [-0.3, -0.25) is 10.1 Å². The number of hydrogen-bond donors (Lipinski definition) is 1. The first kappa shape index (κ1) is 18.9. The maximum Gasteiger partial charge on any atom is 0.322 e. The highest BCUT2D eigenvalue weighted by atomic mass is 79.9. The normalized spacial score (nSPS) is 14.4. The van der Waals surface area contributed by atoms with E-state index >= 15 is 0 Å². The van der Waals surface area contributed by atoms with E-state index in [9.17, 15) is 10.1 Å². The number of nitro groups is 1. The molecular weight excluding hydrogens is 422 g/mol. The second-order valence-corrected chi connectivity index (χ2v) is 6.24. The Morgan fingerprint density at radius 2 is 2.15 bits per heavy atom. The van der Waals surface area contributed by atoms with Gasteiger partial charge in [0.1, 0.15) is 0 Å². The van der Waals surface area contributed by atoms with Crippen molar-refractivity contribution in [2.24, 2.45) is 5.10 Å². The molecule has 1 N–H and O–H groups in total. The number of hydrazone groups is 1. The van der Waals surface area contributed by atoms with Gasteiger partial charge in [-0.05, 0) is 22.0 Å². The zero-order chi connectivity index (χ0) is 19.2. The van der Waals surface area contributed by atoms with Crippen LogP contribution >= 0.6 is 15.9 Å². The minimum absolute atomic E-state index is 0.0459. The Balaban J connectivity index is 1.76. The number of nitrogens with zero attached hydrogens (tertiary/aromatic N) is 6. The maximum atomic E-state index is 11.0. The molecule has 1 aliphatic heterocycles. The lowest BCUT2D eigenvalue weighted by atomic mass is 10.2. The second-order valence-electron chi connectivity index (χ2n) is 5.38. The zero-order valence-electron chi connectivity index (χ0n) is 14.3. The van der Waals surface area contributed by atoms with Gasteiger partial charge in [-0.1, -0.05) is 6.07 Å². The lowest BCUT2D eigenvalue weighted by molar-refractivity contribution is -0.385. The molecule has 2 heterocycles. The van der Waals surface area contributed by atoms with Crippen molar-refractivity contribution in [3.8, 4) is 6.01 Å². The Kier molecular flexibility index (Phi) is 6.08. The van der Waals surface area contributed by atoms with Gasteiger partial charge in [0.05, 0.1) is 35.9 Å². The van der Waals surface area contributed by atoms with Gasteiger partial charge in [0.2, 0.25) is 5.95 Å². The topological polar surface area (TPSA) is 128 Å². The molecule has 11 nitrogen and oxygen atoms in total. The first-order valence-electron chi connectivity index (χ1n) is 7.92. The summed E-state index contributed by atoms with van der Waals surface area (Å²) < 4.78 is 10.8. The molecule has 0 radical (unpaired) electrons. The predicted octanol–water partition coefficient (Wildman–Crippen LogP) is 1.83. The third kappa shape index (κ3) is 4.86. The highest BCUT2D eigenvalue weighted by Gasteiger charge is 2.17. The standard InChI is InChI=1S/C15H16BrN7O4/c1-26-15-19-13(18-14(20-15)22-4-6-27-7-5-22)21-17-9-10-2-3-11(16)12(8-10)23(24)25/h2-3,8-9H,4-7H2,1H3,(H,18,19,20,21)/b17-9+. The van der Waals surface area contributed by atoms with Crippen molar-refractivity contribution < 1.29 is 14.4 Å². The summed E-state index contributed by atoms with van der Waals surface area (Å²) in [6, 6.07) is 4.84. The average Bonchev–Trinajstić information content (AvgIpc) is 2.69. The van der Waals surface area contributed by atoms with Crippen LogP contribution in [0.1, 0.15) is 5.56 Å². The van der Waals surface area contributed by atoms with Crippen LogP contribution in [0.4, 0.5) is 17.6 Å². The van der Waals surface area contributed by atoms with Gasteiger partial charge in [0.15, 0.2) is 0 Å². The molecule has 1 aromatic heterocycles. The van der Waals surface area contributed by atoms with E-state index in [1.54, 1.807) is 12.1 Å². The largest absolute Gasteiger partial charge is 0.467 e. The number of morpholine rings is 1. The van der Waals surface area contributed by atoms with E-state index in [0.29, 0.717) is 42.3 Å². The zero-order valence-corrected chi connectivity index (χ0v) is 15.9. The van der Waals surface area contributed by atoms with E-state index in [1.165, 1.54) is 19.4 Å². The third-order valence-corrected chi connectivity index (χ3v) is 4.30. The molecule has 1 aromatic carbocycles. The average molecular weight is 438 g/mol. The van der Waals surface area contributed by atoms with Crippen molar-refractivity contribution in [3.63, 3.8) is 0 Å². The number of benzene rings is 1. The van der Waals surface area contributed by atoms with Crippen LogP contribution in [0.2, 0.25) is 0 Å². The first-order valence-corrected chi connectivity index (χ1v) is 8.72. The van der Waals surface area contributed by atoms with E-state index in [-0.39, 0.29) is 17.6 Å².